The molecule has 1 amide bonds. The Morgan fingerprint density at radius 3 is 2.92 bits per heavy atom. The summed E-state index contributed by atoms with van der Waals surface area (Å²) in [5, 5.41) is 3.93. The van der Waals surface area contributed by atoms with Crippen LogP contribution in [0.4, 0.5) is 10.8 Å². The predicted octanol–water partition coefficient (Wildman–Crippen LogP) is 2.44. The molecule has 2 aromatic rings. The Hall–Kier alpha value is -1.70. The molecule has 0 radical (unpaired) electrons. The molecular formula is C17H24N4O2S. The van der Waals surface area contributed by atoms with Gasteiger partial charge in [0.15, 0.2) is 5.13 Å². The maximum absolute atomic E-state index is 12.2. The number of ether oxygens (including phenoxy) is 1. The van der Waals surface area contributed by atoms with Crippen LogP contribution in [0.25, 0.3) is 10.2 Å². The van der Waals surface area contributed by atoms with Gasteiger partial charge in [0.2, 0.25) is 5.91 Å². The Bertz CT molecular complexity index is 712. The maximum atomic E-state index is 12.2. The van der Waals surface area contributed by atoms with Gasteiger partial charge in [-0.2, -0.15) is 0 Å². The van der Waals surface area contributed by atoms with Crippen LogP contribution in [0.2, 0.25) is 0 Å². The second-order valence-electron chi connectivity index (χ2n) is 6.18. The number of carbonyl (C=O) groups excluding carboxylic acids is 1. The van der Waals surface area contributed by atoms with Gasteiger partial charge in [0.25, 0.3) is 0 Å². The number of hydrogen-bond donors (Lipinski definition) is 2. The van der Waals surface area contributed by atoms with Crippen LogP contribution in [-0.2, 0) is 9.53 Å². The summed E-state index contributed by atoms with van der Waals surface area (Å²) in [5.41, 5.74) is 7.71. The van der Waals surface area contributed by atoms with E-state index in [1.165, 1.54) is 0 Å². The lowest BCUT2D eigenvalue weighted by atomic mass is 9.99. The lowest BCUT2D eigenvalue weighted by Gasteiger charge is -2.25. The highest BCUT2D eigenvalue weighted by molar-refractivity contribution is 7.22. The Balaban J connectivity index is 1.75. The average Bonchev–Trinajstić information content (AvgIpc) is 3.04. The van der Waals surface area contributed by atoms with E-state index in [-0.39, 0.29) is 11.8 Å². The lowest BCUT2D eigenvalue weighted by Crippen LogP contribution is -2.40. The zero-order valence-electron chi connectivity index (χ0n) is 14.1. The molecule has 2 heterocycles. The first-order valence-corrected chi connectivity index (χ1v) is 9.20. The molecule has 1 aromatic heterocycles. The molecule has 0 saturated carbocycles. The van der Waals surface area contributed by atoms with Crippen molar-refractivity contribution in [1.82, 2.24) is 4.98 Å². The van der Waals surface area contributed by atoms with Gasteiger partial charge in [-0.1, -0.05) is 31.6 Å². The van der Waals surface area contributed by atoms with Crippen molar-refractivity contribution in [3.05, 3.63) is 18.2 Å². The zero-order valence-corrected chi connectivity index (χ0v) is 14.9. The fraction of sp³-hybridized carbons (Fsp3) is 0.529. The van der Waals surface area contributed by atoms with Gasteiger partial charge in [-0.05, 0) is 24.1 Å². The summed E-state index contributed by atoms with van der Waals surface area (Å²) in [4.78, 5) is 19.2. The molecule has 130 valence electrons. The van der Waals surface area contributed by atoms with Crippen LogP contribution in [-0.4, -0.2) is 43.2 Å². The van der Waals surface area contributed by atoms with E-state index in [4.69, 9.17) is 10.5 Å². The second kappa shape index (κ2) is 7.46. The monoisotopic (exact) mass is 348 g/mol. The largest absolute Gasteiger partial charge is 0.378 e. The summed E-state index contributed by atoms with van der Waals surface area (Å²) in [7, 11) is 0. The molecule has 1 fully saturated rings. The summed E-state index contributed by atoms with van der Waals surface area (Å²) in [6, 6.07) is 5.31. The van der Waals surface area contributed by atoms with Crippen LogP contribution in [0.1, 0.15) is 20.3 Å². The molecule has 0 bridgehead atoms. The SMILES string of the molecule is CCC(C)C(N)C(=O)Nc1ccc2nc(N3CCOCC3)sc2c1. The van der Waals surface area contributed by atoms with Gasteiger partial charge in [-0.3, -0.25) is 4.79 Å². The van der Waals surface area contributed by atoms with Crippen LogP contribution in [0.3, 0.4) is 0 Å². The van der Waals surface area contributed by atoms with Gasteiger partial charge >= 0.3 is 0 Å². The van der Waals surface area contributed by atoms with E-state index in [1.54, 1.807) is 11.3 Å². The number of nitrogens with two attached hydrogens (primary N) is 1. The van der Waals surface area contributed by atoms with E-state index in [9.17, 15) is 4.79 Å². The average molecular weight is 348 g/mol. The summed E-state index contributed by atoms with van der Waals surface area (Å²) in [5.74, 6) is 0.0201. The molecule has 2 unspecified atom stereocenters. The van der Waals surface area contributed by atoms with E-state index in [1.807, 2.05) is 32.0 Å². The minimum absolute atomic E-state index is 0.137. The van der Waals surface area contributed by atoms with E-state index >= 15 is 0 Å². The molecule has 0 aliphatic carbocycles. The molecule has 1 saturated heterocycles. The number of morpholine rings is 1. The minimum Gasteiger partial charge on any atom is -0.378 e. The molecule has 1 aliphatic heterocycles. The van der Waals surface area contributed by atoms with Gasteiger partial charge in [0, 0.05) is 18.8 Å². The van der Waals surface area contributed by atoms with Crippen molar-refractivity contribution in [1.29, 1.82) is 0 Å². The molecule has 1 aliphatic rings. The number of aromatic nitrogens is 1. The van der Waals surface area contributed by atoms with Gasteiger partial charge in [-0.15, -0.1) is 0 Å². The third-order valence-corrected chi connectivity index (χ3v) is 5.57. The Morgan fingerprint density at radius 1 is 1.46 bits per heavy atom. The fourth-order valence-corrected chi connectivity index (χ4v) is 3.67. The molecule has 6 nitrogen and oxygen atoms in total. The first-order chi connectivity index (χ1) is 11.6. The molecule has 1 aromatic carbocycles. The topological polar surface area (TPSA) is 80.5 Å². The standard InChI is InChI=1S/C17H24N4O2S/c1-3-11(2)15(18)16(22)19-12-4-5-13-14(10-12)24-17(20-13)21-6-8-23-9-7-21/h4-5,10-11,15H,3,6-9,18H2,1-2H3,(H,19,22). The molecular weight excluding hydrogens is 324 g/mol. The molecule has 0 spiro atoms. The quantitative estimate of drug-likeness (QED) is 0.867. The highest BCUT2D eigenvalue weighted by atomic mass is 32.1. The van der Waals surface area contributed by atoms with Crippen molar-refractivity contribution in [2.75, 3.05) is 36.5 Å². The van der Waals surface area contributed by atoms with Crippen molar-refractivity contribution < 1.29 is 9.53 Å². The smallest absolute Gasteiger partial charge is 0.241 e. The van der Waals surface area contributed by atoms with Gasteiger partial charge in [-0.25, -0.2) is 4.98 Å². The number of carbonyl (C=O) groups is 1. The van der Waals surface area contributed by atoms with Crippen LogP contribution in [0.15, 0.2) is 18.2 Å². The van der Waals surface area contributed by atoms with Crippen molar-refractivity contribution in [3.8, 4) is 0 Å². The lowest BCUT2D eigenvalue weighted by molar-refractivity contribution is -0.118. The molecule has 24 heavy (non-hydrogen) atoms. The normalized spacial score (nSPS) is 17.7. The third kappa shape index (κ3) is 3.68. The van der Waals surface area contributed by atoms with Crippen LogP contribution in [0.5, 0.6) is 0 Å². The van der Waals surface area contributed by atoms with Crippen molar-refractivity contribution >= 4 is 38.3 Å². The number of nitrogens with one attached hydrogen (secondary N) is 1. The van der Waals surface area contributed by atoms with Gasteiger partial charge in [0.05, 0.1) is 29.5 Å². The summed E-state index contributed by atoms with van der Waals surface area (Å²) < 4.78 is 6.45. The highest BCUT2D eigenvalue weighted by Crippen LogP contribution is 2.31. The number of rotatable bonds is 5. The number of thiazole rings is 1. The Kier molecular flexibility index (Phi) is 5.33. The fourth-order valence-electron chi connectivity index (χ4n) is 2.62. The number of fused-ring (bicyclic) bond motifs is 1. The highest BCUT2D eigenvalue weighted by Gasteiger charge is 2.20. The molecule has 3 rings (SSSR count). The number of hydrogen-bond acceptors (Lipinski definition) is 6. The Labute approximate surface area is 146 Å². The predicted molar refractivity (Wildman–Crippen MR) is 98.7 cm³/mol. The maximum Gasteiger partial charge on any atom is 0.241 e. The van der Waals surface area contributed by atoms with Crippen molar-refractivity contribution in [2.45, 2.75) is 26.3 Å². The first-order valence-electron chi connectivity index (χ1n) is 8.38. The Morgan fingerprint density at radius 2 is 2.21 bits per heavy atom. The van der Waals surface area contributed by atoms with Crippen LogP contribution < -0.4 is 16.0 Å². The molecule has 2 atom stereocenters. The third-order valence-electron chi connectivity index (χ3n) is 4.49. The summed E-state index contributed by atoms with van der Waals surface area (Å²) >= 11 is 1.64. The van der Waals surface area contributed by atoms with Gasteiger partial charge < -0.3 is 20.7 Å². The van der Waals surface area contributed by atoms with Gasteiger partial charge in [0.1, 0.15) is 0 Å². The summed E-state index contributed by atoms with van der Waals surface area (Å²) in [6.45, 7) is 7.25. The van der Waals surface area contributed by atoms with E-state index in [2.05, 4.69) is 15.2 Å². The number of benzene rings is 1. The summed E-state index contributed by atoms with van der Waals surface area (Å²) in [6.07, 6.45) is 0.880. The van der Waals surface area contributed by atoms with Crippen LogP contribution >= 0.6 is 11.3 Å². The number of nitrogens with zero attached hydrogens (tertiary/aromatic N) is 2. The van der Waals surface area contributed by atoms with Crippen molar-refractivity contribution in [3.63, 3.8) is 0 Å². The molecule has 7 heteroatoms. The number of anilines is 2. The first kappa shape index (κ1) is 17.1. The zero-order chi connectivity index (χ0) is 17.1. The minimum atomic E-state index is -0.490. The second-order valence-corrected chi connectivity index (χ2v) is 7.19. The van der Waals surface area contributed by atoms with E-state index in [0.29, 0.717) is 0 Å². The molecule has 3 N–H and O–H groups in total. The van der Waals surface area contributed by atoms with E-state index < -0.39 is 6.04 Å². The number of amides is 1. The van der Waals surface area contributed by atoms with Crippen LogP contribution in [0, 0.1) is 5.92 Å². The van der Waals surface area contributed by atoms with E-state index in [0.717, 1.165) is 53.8 Å². The van der Waals surface area contributed by atoms with Crippen molar-refractivity contribution in [2.24, 2.45) is 11.7 Å².